The number of nitrogens with zero attached hydrogens (tertiary/aromatic N) is 1. The highest BCUT2D eigenvalue weighted by Crippen LogP contribution is 2.23. The highest BCUT2D eigenvalue weighted by atomic mass is 32.1. The number of aromatic amines is 1. The molecule has 0 atom stereocenters. The molecule has 1 heterocycles. The molecule has 0 aliphatic rings. The lowest BCUT2D eigenvalue weighted by Gasteiger charge is -2.06. The molecule has 0 fully saturated rings. The third kappa shape index (κ3) is 3.38. The van der Waals surface area contributed by atoms with Gasteiger partial charge in [-0.15, -0.1) is 5.10 Å². The summed E-state index contributed by atoms with van der Waals surface area (Å²) in [6.07, 6.45) is 0. The van der Waals surface area contributed by atoms with Crippen LogP contribution in [0.1, 0.15) is 11.5 Å². The second kappa shape index (κ2) is 5.93. The van der Waals surface area contributed by atoms with E-state index in [2.05, 4.69) is 41.4 Å². The molecule has 0 bridgehead atoms. The van der Waals surface area contributed by atoms with Gasteiger partial charge in [-0.1, -0.05) is 42.0 Å². The number of ether oxygens (including phenoxy) is 1. The molecule has 3 rings (SSSR count). The first-order chi connectivity index (χ1) is 10.2. The van der Waals surface area contributed by atoms with Crippen molar-refractivity contribution in [1.29, 1.82) is 0 Å². The number of aryl methyl sites for hydroxylation is 1. The van der Waals surface area contributed by atoms with E-state index in [4.69, 9.17) is 21.4 Å². The van der Waals surface area contributed by atoms with Gasteiger partial charge in [-0.25, -0.2) is 5.10 Å². The summed E-state index contributed by atoms with van der Waals surface area (Å²) in [5.41, 5.74) is 3.59. The van der Waals surface area contributed by atoms with Crippen molar-refractivity contribution in [3.8, 4) is 16.9 Å². The minimum Gasteiger partial charge on any atom is -0.484 e. The van der Waals surface area contributed by atoms with E-state index in [0.717, 1.165) is 11.3 Å². The van der Waals surface area contributed by atoms with E-state index in [9.17, 15) is 0 Å². The Morgan fingerprint density at radius 2 is 1.67 bits per heavy atom. The molecular formula is C16H14N2O2S. The van der Waals surface area contributed by atoms with Crippen LogP contribution >= 0.6 is 12.2 Å². The number of nitrogens with one attached hydrogen (secondary N) is 1. The van der Waals surface area contributed by atoms with Gasteiger partial charge in [0.15, 0.2) is 6.61 Å². The van der Waals surface area contributed by atoms with Crippen LogP contribution in [0.5, 0.6) is 5.75 Å². The number of hydrogen-bond donors (Lipinski definition) is 1. The van der Waals surface area contributed by atoms with Crippen molar-refractivity contribution in [2.45, 2.75) is 13.5 Å². The van der Waals surface area contributed by atoms with Gasteiger partial charge in [0.2, 0.25) is 0 Å². The number of rotatable bonds is 4. The highest BCUT2D eigenvalue weighted by molar-refractivity contribution is 7.71. The fraction of sp³-hybridized carbons (Fsp3) is 0.125. The highest BCUT2D eigenvalue weighted by Gasteiger charge is 2.02. The molecule has 21 heavy (non-hydrogen) atoms. The maximum Gasteiger partial charge on any atom is 0.284 e. The summed E-state index contributed by atoms with van der Waals surface area (Å²) in [6.45, 7) is 2.33. The number of H-pyrrole nitrogens is 1. The molecule has 0 unspecified atom stereocenters. The average Bonchev–Trinajstić information content (AvgIpc) is 2.92. The lowest BCUT2D eigenvalue weighted by atomic mass is 10.0. The zero-order valence-corrected chi connectivity index (χ0v) is 12.3. The molecule has 0 aliphatic heterocycles. The van der Waals surface area contributed by atoms with E-state index in [1.807, 2.05) is 24.3 Å². The maximum absolute atomic E-state index is 5.59. The Labute approximate surface area is 127 Å². The van der Waals surface area contributed by atoms with Crippen LogP contribution in [0.4, 0.5) is 0 Å². The zero-order valence-electron chi connectivity index (χ0n) is 11.5. The zero-order chi connectivity index (χ0) is 14.7. The summed E-state index contributed by atoms with van der Waals surface area (Å²) in [5.74, 6) is 1.19. The van der Waals surface area contributed by atoms with E-state index in [-0.39, 0.29) is 11.4 Å². The molecule has 5 heteroatoms. The molecule has 1 aromatic heterocycles. The molecule has 106 valence electrons. The minimum absolute atomic E-state index is 0.247. The molecule has 0 aliphatic carbocycles. The Bertz CT molecular complexity index is 773. The van der Waals surface area contributed by atoms with E-state index in [1.165, 1.54) is 11.1 Å². The lowest BCUT2D eigenvalue weighted by Crippen LogP contribution is -1.95. The normalized spacial score (nSPS) is 10.5. The summed E-state index contributed by atoms with van der Waals surface area (Å²) in [6, 6.07) is 16.3. The van der Waals surface area contributed by atoms with Gasteiger partial charge in [-0.05, 0) is 42.4 Å². The fourth-order valence-corrected chi connectivity index (χ4v) is 2.10. The first-order valence-electron chi connectivity index (χ1n) is 6.55. The largest absolute Gasteiger partial charge is 0.484 e. The predicted molar refractivity (Wildman–Crippen MR) is 82.6 cm³/mol. The minimum atomic E-state index is 0.247. The second-order valence-corrected chi connectivity index (χ2v) is 5.06. The maximum atomic E-state index is 5.59. The first kappa shape index (κ1) is 13.6. The van der Waals surface area contributed by atoms with Crippen molar-refractivity contribution in [1.82, 2.24) is 10.2 Å². The van der Waals surface area contributed by atoms with E-state index in [0.29, 0.717) is 5.89 Å². The summed E-state index contributed by atoms with van der Waals surface area (Å²) >= 11 is 4.80. The monoisotopic (exact) mass is 298 g/mol. The Morgan fingerprint density at radius 1 is 1.05 bits per heavy atom. The van der Waals surface area contributed by atoms with Crippen LogP contribution in [0.3, 0.4) is 0 Å². The van der Waals surface area contributed by atoms with Crippen LogP contribution in [0.15, 0.2) is 52.9 Å². The molecule has 2 aromatic carbocycles. The van der Waals surface area contributed by atoms with Crippen LogP contribution in [0.2, 0.25) is 0 Å². The molecule has 1 N–H and O–H groups in total. The van der Waals surface area contributed by atoms with Crippen molar-refractivity contribution >= 4 is 12.2 Å². The Kier molecular flexibility index (Phi) is 3.83. The van der Waals surface area contributed by atoms with Gasteiger partial charge in [0.1, 0.15) is 5.75 Å². The van der Waals surface area contributed by atoms with Crippen LogP contribution in [0.25, 0.3) is 11.1 Å². The lowest BCUT2D eigenvalue weighted by molar-refractivity contribution is 0.261. The van der Waals surface area contributed by atoms with Crippen molar-refractivity contribution in [3.63, 3.8) is 0 Å². The van der Waals surface area contributed by atoms with Crippen molar-refractivity contribution < 1.29 is 9.15 Å². The van der Waals surface area contributed by atoms with Crippen molar-refractivity contribution in [2.75, 3.05) is 0 Å². The van der Waals surface area contributed by atoms with Gasteiger partial charge in [-0.3, -0.25) is 0 Å². The topological polar surface area (TPSA) is 51.0 Å². The average molecular weight is 298 g/mol. The van der Waals surface area contributed by atoms with E-state index in [1.54, 1.807) is 0 Å². The third-order valence-electron chi connectivity index (χ3n) is 3.08. The smallest absolute Gasteiger partial charge is 0.284 e. The summed E-state index contributed by atoms with van der Waals surface area (Å²) in [4.78, 5) is 0.253. The van der Waals surface area contributed by atoms with Crippen molar-refractivity contribution in [3.05, 3.63) is 64.8 Å². The number of aromatic nitrogens is 2. The van der Waals surface area contributed by atoms with Crippen LogP contribution in [-0.4, -0.2) is 10.2 Å². The number of hydrogen-bond acceptors (Lipinski definition) is 4. The van der Waals surface area contributed by atoms with Crippen LogP contribution < -0.4 is 4.74 Å². The third-order valence-corrected chi connectivity index (χ3v) is 3.26. The standard InChI is InChI=1S/C16H14N2O2S/c1-11-2-4-12(5-3-11)13-6-8-14(9-7-13)19-10-15-17-18-16(21)20-15/h2-9H,10H2,1H3,(H,18,21). The molecule has 0 saturated carbocycles. The van der Waals surface area contributed by atoms with Crippen molar-refractivity contribution in [2.24, 2.45) is 0 Å². The molecule has 4 nitrogen and oxygen atoms in total. The van der Waals surface area contributed by atoms with Gasteiger partial charge in [0.25, 0.3) is 10.7 Å². The molecule has 0 saturated heterocycles. The predicted octanol–water partition coefficient (Wildman–Crippen LogP) is 4.29. The van der Waals surface area contributed by atoms with Gasteiger partial charge < -0.3 is 9.15 Å². The molecule has 0 amide bonds. The van der Waals surface area contributed by atoms with Gasteiger partial charge in [0.05, 0.1) is 0 Å². The summed E-state index contributed by atoms with van der Waals surface area (Å²) in [7, 11) is 0. The fourth-order valence-electron chi connectivity index (χ4n) is 1.96. The number of benzene rings is 2. The van der Waals surface area contributed by atoms with E-state index >= 15 is 0 Å². The van der Waals surface area contributed by atoms with Gasteiger partial charge in [-0.2, -0.15) is 0 Å². The Morgan fingerprint density at radius 3 is 2.24 bits per heavy atom. The first-order valence-corrected chi connectivity index (χ1v) is 6.96. The second-order valence-electron chi connectivity index (χ2n) is 4.69. The molecular weight excluding hydrogens is 284 g/mol. The SMILES string of the molecule is Cc1ccc(-c2ccc(OCc3n[nH]c(=S)o3)cc2)cc1. The van der Waals surface area contributed by atoms with Crippen LogP contribution in [-0.2, 0) is 6.61 Å². The molecule has 3 aromatic rings. The summed E-state index contributed by atoms with van der Waals surface area (Å²) < 4.78 is 10.7. The quantitative estimate of drug-likeness (QED) is 0.730. The van der Waals surface area contributed by atoms with Gasteiger partial charge in [0, 0.05) is 0 Å². The van der Waals surface area contributed by atoms with Gasteiger partial charge >= 0.3 is 0 Å². The Hall–Kier alpha value is -2.40. The summed E-state index contributed by atoms with van der Waals surface area (Å²) in [5, 5.41) is 6.44. The van der Waals surface area contributed by atoms with Crippen LogP contribution in [0, 0.1) is 11.8 Å². The molecule has 0 radical (unpaired) electrons. The molecule has 0 spiro atoms. The van der Waals surface area contributed by atoms with E-state index < -0.39 is 0 Å². The Balaban J connectivity index is 1.69.